The Hall–Kier alpha value is -1.48. The van der Waals surface area contributed by atoms with Crippen LogP contribution in [0.3, 0.4) is 0 Å². The molecule has 0 spiro atoms. The number of nitrogens with one attached hydrogen (secondary N) is 1. The molecule has 0 aliphatic heterocycles. The Balaban J connectivity index is 0.00000242. The second-order valence-corrected chi connectivity index (χ2v) is 5.71. The van der Waals surface area contributed by atoms with Crippen LogP contribution in [0.15, 0.2) is 24.3 Å². The fourth-order valence-electron chi connectivity index (χ4n) is 2.68. The van der Waals surface area contributed by atoms with Crippen LogP contribution in [-0.2, 0) is 12.8 Å². The lowest BCUT2D eigenvalue weighted by molar-refractivity contribution is 0.667. The molecule has 3 nitrogen and oxygen atoms in total. The molecular weight excluding hydrogens is 294 g/mol. The Kier molecular flexibility index (Phi) is 8.03. The van der Waals surface area contributed by atoms with Crippen molar-refractivity contribution >= 4 is 18.4 Å². The summed E-state index contributed by atoms with van der Waals surface area (Å²) in [5, 5.41) is 0. The average Bonchev–Trinajstić information content (AvgIpc) is 2.85. The third-order valence-corrected chi connectivity index (χ3v) is 3.84. The van der Waals surface area contributed by atoms with E-state index in [4.69, 9.17) is 5.73 Å². The van der Waals surface area contributed by atoms with Crippen LogP contribution in [0.1, 0.15) is 57.2 Å². The van der Waals surface area contributed by atoms with Gasteiger partial charge in [-0.1, -0.05) is 63.8 Å². The summed E-state index contributed by atoms with van der Waals surface area (Å²) >= 11 is 0. The Morgan fingerprint density at radius 2 is 1.68 bits per heavy atom. The SMILES string of the molecule is CCCCCCc1ccc(-c2nc(N)[nH]c2CCC)cc1.Cl. The van der Waals surface area contributed by atoms with Gasteiger partial charge in [-0.3, -0.25) is 0 Å². The highest BCUT2D eigenvalue weighted by molar-refractivity contribution is 5.85. The van der Waals surface area contributed by atoms with E-state index in [1.165, 1.54) is 37.7 Å². The maximum absolute atomic E-state index is 5.80. The zero-order chi connectivity index (χ0) is 15.1. The summed E-state index contributed by atoms with van der Waals surface area (Å²) in [6.07, 6.45) is 8.48. The van der Waals surface area contributed by atoms with Crippen LogP contribution in [0.4, 0.5) is 5.95 Å². The molecule has 0 amide bonds. The highest BCUT2D eigenvalue weighted by Crippen LogP contribution is 2.24. The average molecular weight is 322 g/mol. The number of nitrogens with two attached hydrogens (primary N) is 1. The number of benzene rings is 1. The summed E-state index contributed by atoms with van der Waals surface area (Å²) in [7, 11) is 0. The van der Waals surface area contributed by atoms with Gasteiger partial charge in [0.25, 0.3) is 0 Å². The lowest BCUT2D eigenvalue weighted by atomic mass is 10.0. The van der Waals surface area contributed by atoms with E-state index < -0.39 is 0 Å². The first-order valence-corrected chi connectivity index (χ1v) is 8.18. The first-order valence-electron chi connectivity index (χ1n) is 8.18. The van der Waals surface area contributed by atoms with Crippen molar-refractivity contribution < 1.29 is 0 Å². The molecule has 2 aromatic rings. The Bertz CT molecular complexity index is 546. The van der Waals surface area contributed by atoms with Crippen LogP contribution in [0.2, 0.25) is 0 Å². The third kappa shape index (κ3) is 5.06. The molecule has 122 valence electrons. The standard InChI is InChI=1S/C18H27N3.ClH/c1-3-5-6-7-9-14-10-12-15(13-11-14)17-16(8-4-2)20-18(19)21-17;/h10-13H,3-9H2,1-2H3,(H3,19,20,21);1H. The van der Waals surface area contributed by atoms with Gasteiger partial charge in [-0.25, -0.2) is 4.98 Å². The van der Waals surface area contributed by atoms with Crippen molar-refractivity contribution in [3.05, 3.63) is 35.5 Å². The second-order valence-electron chi connectivity index (χ2n) is 5.71. The van der Waals surface area contributed by atoms with Crippen molar-refractivity contribution in [2.75, 3.05) is 5.73 Å². The summed E-state index contributed by atoms with van der Waals surface area (Å²) < 4.78 is 0. The number of imidazole rings is 1. The summed E-state index contributed by atoms with van der Waals surface area (Å²) in [6, 6.07) is 8.79. The van der Waals surface area contributed by atoms with Crippen molar-refractivity contribution in [3.63, 3.8) is 0 Å². The molecule has 0 aliphatic rings. The smallest absolute Gasteiger partial charge is 0.198 e. The minimum absolute atomic E-state index is 0. The molecular formula is C18H28ClN3. The van der Waals surface area contributed by atoms with Crippen LogP contribution in [0.25, 0.3) is 11.3 Å². The zero-order valence-corrected chi connectivity index (χ0v) is 14.5. The van der Waals surface area contributed by atoms with Crippen LogP contribution < -0.4 is 5.73 Å². The molecule has 0 unspecified atom stereocenters. The maximum Gasteiger partial charge on any atom is 0.198 e. The molecule has 0 saturated heterocycles. The largest absolute Gasteiger partial charge is 0.369 e. The van der Waals surface area contributed by atoms with Gasteiger partial charge in [0.05, 0.1) is 5.69 Å². The molecule has 0 bridgehead atoms. The van der Waals surface area contributed by atoms with Crippen molar-refractivity contribution in [1.29, 1.82) is 0 Å². The number of aromatic amines is 1. The maximum atomic E-state index is 5.80. The molecule has 22 heavy (non-hydrogen) atoms. The normalized spacial score (nSPS) is 10.5. The summed E-state index contributed by atoms with van der Waals surface area (Å²) in [4.78, 5) is 7.61. The molecule has 0 atom stereocenters. The van der Waals surface area contributed by atoms with E-state index in [1.807, 2.05) is 0 Å². The minimum atomic E-state index is 0. The molecule has 1 heterocycles. The van der Waals surface area contributed by atoms with E-state index in [0.717, 1.165) is 29.8 Å². The summed E-state index contributed by atoms with van der Waals surface area (Å²) in [6.45, 7) is 4.42. The number of hydrogen-bond donors (Lipinski definition) is 2. The van der Waals surface area contributed by atoms with Gasteiger partial charge in [-0.2, -0.15) is 0 Å². The number of anilines is 1. The van der Waals surface area contributed by atoms with E-state index in [1.54, 1.807) is 0 Å². The number of unbranched alkanes of at least 4 members (excludes halogenated alkanes) is 3. The quantitative estimate of drug-likeness (QED) is 0.660. The summed E-state index contributed by atoms with van der Waals surface area (Å²) in [5.74, 6) is 0.511. The number of hydrogen-bond acceptors (Lipinski definition) is 2. The molecule has 0 saturated carbocycles. The number of aryl methyl sites for hydroxylation is 2. The molecule has 0 aliphatic carbocycles. The van der Waals surface area contributed by atoms with E-state index in [2.05, 4.69) is 48.1 Å². The van der Waals surface area contributed by atoms with Crippen LogP contribution >= 0.6 is 12.4 Å². The van der Waals surface area contributed by atoms with E-state index >= 15 is 0 Å². The van der Waals surface area contributed by atoms with E-state index in [0.29, 0.717) is 5.95 Å². The van der Waals surface area contributed by atoms with Crippen molar-refractivity contribution in [3.8, 4) is 11.3 Å². The molecule has 3 N–H and O–H groups in total. The van der Waals surface area contributed by atoms with Gasteiger partial charge in [0.15, 0.2) is 5.95 Å². The highest BCUT2D eigenvalue weighted by atomic mass is 35.5. The van der Waals surface area contributed by atoms with Crippen molar-refractivity contribution in [1.82, 2.24) is 9.97 Å². The Labute approximate surface area is 140 Å². The lowest BCUT2D eigenvalue weighted by Crippen LogP contribution is -1.90. The Morgan fingerprint density at radius 3 is 2.32 bits per heavy atom. The molecule has 0 fully saturated rings. The third-order valence-electron chi connectivity index (χ3n) is 3.84. The number of nitrogen functional groups attached to an aromatic ring is 1. The number of rotatable bonds is 8. The van der Waals surface area contributed by atoms with Gasteiger partial charge in [0.2, 0.25) is 0 Å². The predicted molar refractivity (Wildman–Crippen MR) is 97.5 cm³/mol. The highest BCUT2D eigenvalue weighted by Gasteiger charge is 2.10. The number of H-pyrrole nitrogens is 1. The molecule has 1 aromatic carbocycles. The fourth-order valence-corrected chi connectivity index (χ4v) is 2.68. The van der Waals surface area contributed by atoms with Crippen LogP contribution in [-0.4, -0.2) is 9.97 Å². The molecule has 0 radical (unpaired) electrons. The van der Waals surface area contributed by atoms with Crippen LogP contribution in [0.5, 0.6) is 0 Å². The topological polar surface area (TPSA) is 54.7 Å². The van der Waals surface area contributed by atoms with Gasteiger partial charge in [-0.15, -0.1) is 12.4 Å². The predicted octanol–water partition coefficient (Wildman–Crippen LogP) is 5.16. The first-order chi connectivity index (χ1) is 10.2. The number of nitrogens with zero attached hydrogens (tertiary/aromatic N) is 1. The van der Waals surface area contributed by atoms with E-state index in [9.17, 15) is 0 Å². The molecule has 1 aromatic heterocycles. The van der Waals surface area contributed by atoms with Crippen molar-refractivity contribution in [2.45, 2.75) is 58.8 Å². The zero-order valence-electron chi connectivity index (χ0n) is 13.7. The van der Waals surface area contributed by atoms with Gasteiger partial charge < -0.3 is 10.7 Å². The van der Waals surface area contributed by atoms with Crippen molar-refractivity contribution in [2.24, 2.45) is 0 Å². The first kappa shape index (κ1) is 18.6. The fraction of sp³-hybridized carbons (Fsp3) is 0.500. The van der Waals surface area contributed by atoms with Gasteiger partial charge in [0, 0.05) is 11.3 Å². The summed E-state index contributed by atoms with van der Waals surface area (Å²) in [5.41, 5.74) is 10.5. The van der Waals surface area contributed by atoms with E-state index in [-0.39, 0.29) is 12.4 Å². The van der Waals surface area contributed by atoms with Gasteiger partial charge in [0.1, 0.15) is 0 Å². The Morgan fingerprint density at radius 1 is 0.955 bits per heavy atom. The number of aromatic nitrogens is 2. The van der Waals surface area contributed by atoms with Gasteiger partial charge in [-0.05, 0) is 24.8 Å². The lowest BCUT2D eigenvalue weighted by Gasteiger charge is -2.04. The molecule has 4 heteroatoms. The minimum Gasteiger partial charge on any atom is -0.369 e. The van der Waals surface area contributed by atoms with Gasteiger partial charge >= 0.3 is 0 Å². The second kappa shape index (κ2) is 9.52. The van der Waals surface area contributed by atoms with Crippen LogP contribution in [0, 0.1) is 0 Å². The molecule has 2 rings (SSSR count). The number of halogens is 1. The monoisotopic (exact) mass is 321 g/mol.